The van der Waals surface area contributed by atoms with E-state index in [-0.39, 0.29) is 18.1 Å². The molecule has 0 bridgehead atoms. The Kier molecular flexibility index (Phi) is 7.55. The molecule has 0 radical (unpaired) electrons. The highest BCUT2D eigenvalue weighted by Crippen LogP contribution is 2.23. The smallest absolute Gasteiger partial charge is 0.153 e. The second-order valence-electron chi connectivity index (χ2n) is 4.53. The van der Waals surface area contributed by atoms with Crippen LogP contribution in [0.25, 0.3) is 0 Å². The van der Waals surface area contributed by atoms with Gasteiger partial charge in [0.25, 0.3) is 0 Å². The van der Waals surface area contributed by atoms with Gasteiger partial charge in [0.15, 0.2) is 9.84 Å². The minimum atomic E-state index is -2.99. The summed E-state index contributed by atoms with van der Waals surface area (Å²) < 4.78 is 29.9. The van der Waals surface area contributed by atoms with Crippen molar-refractivity contribution < 1.29 is 13.2 Å². The molecule has 114 valence electrons. The SMILES string of the molecule is CCCS(=O)(=O)CCOc1ccc(Br)cc1CNCC. The number of sulfone groups is 1. The summed E-state index contributed by atoms with van der Waals surface area (Å²) in [5, 5.41) is 3.24. The third-order valence-electron chi connectivity index (χ3n) is 2.76. The first-order valence-electron chi connectivity index (χ1n) is 6.81. The monoisotopic (exact) mass is 363 g/mol. The Morgan fingerprint density at radius 2 is 2.00 bits per heavy atom. The third-order valence-corrected chi connectivity index (χ3v) is 5.07. The van der Waals surface area contributed by atoms with Crippen LogP contribution in [0.5, 0.6) is 5.75 Å². The van der Waals surface area contributed by atoms with Gasteiger partial charge >= 0.3 is 0 Å². The molecule has 0 saturated heterocycles. The summed E-state index contributed by atoms with van der Waals surface area (Å²) in [4.78, 5) is 0. The number of rotatable bonds is 9. The van der Waals surface area contributed by atoms with Gasteiger partial charge in [-0.05, 0) is 31.2 Å². The van der Waals surface area contributed by atoms with Crippen molar-refractivity contribution in [3.05, 3.63) is 28.2 Å². The van der Waals surface area contributed by atoms with Crippen molar-refractivity contribution in [1.82, 2.24) is 5.32 Å². The second kappa shape index (κ2) is 8.64. The molecule has 0 saturated carbocycles. The summed E-state index contributed by atoms with van der Waals surface area (Å²) in [7, 11) is -2.99. The van der Waals surface area contributed by atoms with Crippen LogP contribution in [0.2, 0.25) is 0 Å². The van der Waals surface area contributed by atoms with Crippen LogP contribution >= 0.6 is 15.9 Å². The van der Waals surface area contributed by atoms with Crippen LogP contribution in [-0.4, -0.2) is 33.1 Å². The highest BCUT2D eigenvalue weighted by atomic mass is 79.9. The Bertz CT molecular complexity index is 517. The molecule has 0 aliphatic rings. The first-order chi connectivity index (χ1) is 9.48. The van der Waals surface area contributed by atoms with E-state index in [1.54, 1.807) is 0 Å². The Morgan fingerprint density at radius 1 is 1.25 bits per heavy atom. The number of hydrogen-bond donors (Lipinski definition) is 1. The summed E-state index contributed by atoms with van der Waals surface area (Å²) in [6.45, 7) is 5.67. The lowest BCUT2D eigenvalue weighted by Crippen LogP contribution is -2.18. The van der Waals surface area contributed by atoms with Crippen LogP contribution in [0.4, 0.5) is 0 Å². The summed E-state index contributed by atoms with van der Waals surface area (Å²) >= 11 is 3.43. The largest absolute Gasteiger partial charge is 0.492 e. The maximum absolute atomic E-state index is 11.6. The zero-order valence-electron chi connectivity index (χ0n) is 12.0. The van der Waals surface area contributed by atoms with E-state index in [1.165, 1.54) is 0 Å². The molecule has 1 N–H and O–H groups in total. The zero-order valence-corrected chi connectivity index (χ0v) is 14.4. The summed E-state index contributed by atoms with van der Waals surface area (Å²) in [6, 6.07) is 5.74. The minimum Gasteiger partial charge on any atom is -0.492 e. The van der Waals surface area contributed by atoms with Gasteiger partial charge in [-0.25, -0.2) is 8.42 Å². The quantitative estimate of drug-likeness (QED) is 0.732. The maximum Gasteiger partial charge on any atom is 0.153 e. The number of benzene rings is 1. The summed E-state index contributed by atoms with van der Waals surface area (Å²) in [5.41, 5.74) is 1.02. The fraction of sp³-hybridized carbons (Fsp3) is 0.571. The van der Waals surface area contributed by atoms with Gasteiger partial charge in [-0.3, -0.25) is 0 Å². The average Bonchev–Trinajstić information content (AvgIpc) is 2.38. The number of ether oxygens (including phenoxy) is 1. The van der Waals surface area contributed by atoms with E-state index in [0.717, 1.165) is 22.3 Å². The second-order valence-corrected chi connectivity index (χ2v) is 7.75. The van der Waals surface area contributed by atoms with E-state index in [9.17, 15) is 8.42 Å². The first-order valence-corrected chi connectivity index (χ1v) is 9.42. The van der Waals surface area contributed by atoms with E-state index >= 15 is 0 Å². The molecule has 20 heavy (non-hydrogen) atoms. The van der Waals surface area contributed by atoms with Crippen LogP contribution in [0.15, 0.2) is 22.7 Å². The van der Waals surface area contributed by atoms with Crippen molar-refractivity contribution in [3.8, 4) is 5.75 Å². The van der Waals surface area contributed by atoms with E-state index in [1.807, 2.05) is 32.0 Å². The molecular weight excluding hydrogens is 342 g/mol. The van der Waals surface area contributed by atoms with Crippen molar-refractivity contribution in [2.75, 3.05) is 24.7 Å². The van der Waals surface area contributed by atoms with Gasteiger partial charge in [-0.1, -0.05) is 29.8 Å². The van der Waals surface area contributed by atoms with E-state index in [0.29, 0.717) is 13.0 Å². The number of halogens is 1. The lowest BCUT2D eigenvalue weighted by atomic mass is 10.2. The lowest BCUT2D eigenvalue weighted by molar-refractivity contribution is 0.336. The van der Waals surface area contributed by atoms with Gasteiger partial charge in [0, 0.05) is 16.6 Å². The topological polar surface area (TPSA) is 55.4 Å². The Labute approximate surface area is 130 Å². The Balaban J connectivity index is 2.63. The molecule has 0 aliphatic carbocycles. The van der Waals surface area contributed by atoms with Crippen molar-refractivity contribution in [3.63, 3.8) is 0 Å². The maximum atomic E-state index is 11.6. The van der Waals surface area contributed by atoms with Gasteiger partial charge in [-0.15, -0.1) is 0 Å². The first kappa shape index (κ1) is 17.5. The predicted octanol–water partition coefficient (Wildman–Crippen LogP) is 2.76. The molecular formula is C14H22BrNO3S. The third kappa shape index (κ3) is 6.24. The molecule has 0 spiro atoms. The van der Waals surface area contributed by atoms with Crippen LogP contribution < -0.4 is 10.1 Å². The number of hydrogen-bond acceptors (Lipinski definition) is 4. The van der Waals surface area contributed by atoms with Crippen LogP contribution in [0.1, 0.15) is 25.8 Å². The molecule has 0 heterocycles. The fourth-order valence-corrected chi connectivity index (χ4v) is 3.35. The van der Waals surface area contributed by atoms with E-state index < -0.39 is 9.84 Å². The summed E-state index contributed by atoms with van der Waals surface area (Å²) in [5.74, 6) is 1.03. The molecule has 0 fully saturated rings. The summed E-state index contributed by atoms with van der Waals surface area (Å²) in [6.07, 6.45) is 0.645. The van der Waals surface area contributed by atoms with Crippen LogP contribution in [0, 0.1) is 0 Å². The van der Waals surface area contributed by atoms with Crippen LogP contribution in [0.3, 0.4) is 0 Å². The molecule has 0 amide bonds. The van der Waals surface area contributed by atoms with Gasteiger partial charge in [0.2, 0.25) is 0 Å². The van der Waals surface area contributed by atoms with Crippen LogP contribution in [-0.2, 0) is 16.4 Å². The van der Waals surface area contributed by atoms with Gasteiger partial charge < -0.3 is 10.1 Å². The molecule has 4 nitrogen and oxygen atoms in total. The Morgan fingerprint density at radius 3 is 2.65 bits per heavy atom. The number of nitrogens with one attached hydrogen (secondary N) is 1. The normalized spacial score (nSPS) is 11.6. The van der Waals surface area contributed by atoms with Crippen molar-refractivity contribution in [2.45, 2.75) is 26.8 Å². The minimum absolute atomic E-state index is 0.0670. The predicted molar refractivity (Wildman–Crippen MR) is 86.0 cm³/mol. The van der Waals surface area contributed by atoms with E-state index in [4.69, 9.17) is 4.74 Å². The van der Waals surface area contributed by atoms with Gasteiger partial charge in [0.05, 0.1) is 11.5 Å². The molecule has 0 aromatic heterocycles. The molecule has 0 aliphatic heterocycles. The molecule has 1 aromatic carbocycles. The van der Waals surface area contributed by atoms with Gasteiger partial charge in [0.1, 0.15) is 12.4 Å². The molecule has 1 rings (SSSR count). The van der Waals surface area contributed by atoms with Gasteiger partial charge in [-0.2, -0.15) is 0 Å². The fourth-order valence-electron chi connectivity index (χ4n) is 1.78. The molecule has 1 aromatic rings. The lowest BCUT2D eigenvalue weighted by Gasteiger charge is -2.12. The standard InChI is InChI=1S/C14H22BrNO3S/c1-3-8-20(17,18)9-7-19-14-6-5-13(15)10-12(14)11-16-4-2/h5-6,10,16H,3-4,7-9,11H2,1-2H3. The highest BCUT2D eigenvalue weighted by molar-refractivity contribution is 9.10. The van der Waals surface area contributed by atoms with Crippen molar-refractivity contribution in [2.24, 2.45) is 0 Å². The van der Waals surface area contributed by atoms with E-state index in [2.05, 4.69) is 21.2 Å². The highest BCUT2D eigenvalue weighted by Gasteiger charge is 2.10. The molecule has 6 heteroatoms. The molecule has 0 atom stereocenters. The van der Waals surface area contributed by atoms with Crippen molar-refractivity contribution >= 4 is 25.8 Å². The van der Waals surface area contributed by atoms with Crippen molar-refractivity contribution in [1.29, 1.82) is 0 Å². The Hall–Kier alpha value is -0.590. The zero-order chi connectivity index (χ0) is 15.0. The average molecular weight is 364 g/mol. The molecule has 0 unspecified atom stereocenters.